The zero-order chi connectivity index (χ0) is 21.7. The van der Waals surface area contributed by atoms with E-state index in [4.69, 9.17) is 9.47 Å². The van der Waals surface area contributed by atoms with Crippen LogP contribution >= 0.6 is 11.8 Å². The molecule has 0 radical (unpaired) electrons. The molecular weight excluding hydrogens is 402 g/mol. The molecule has 1 fully saturated rings. The number of ketones is 2. The first kappa shape index (κ1) is 21.9. The van der Waals surface area contributed by atoms with Gasteiger partial charge in [-0.2, -0.15) is 11.8 Å². The number of amides is 1. The monoisotopic (exact) mass is 427 g/mol. The van der Waals surface area contributed by atoms with Crippen LogP contribution in [0.2, 0.25) is 0 Å². The third kappa shape index (κ3) is 4.67. The summed E-state index contributed by atoms with van der Waals surface area (Å²) in [5, 5.41) is 0. The zero-order valence-electron chi connectivity index (χ0n) is 17.4. The summed E-state index contributed by atoms with van der Waals surface area (Å²) in [6, 6.07) is 7.57. The summed E-state index contributed by atoms with van der Waals surface area (Å²) < 4.78 is 10.2. The Balaban J connectivity index is 1.70. The maximum atomic E-state index is 12.8. The fourth-order valence-corrected chi connectivity index (χ4v) is 4.32. The van der Waals surface area contributed by atoms with E-state index in [1.807, 2.05) is 40.9 Å². The molecule has 1 heterocycles. The van der Waals surface area contributed by atoms with Crippen molar-refractivity contribution in [3.63, 3.8) is 0 Å². The fraction of sp³-hybridized carbons (Fsp3) is 0.348. The van der Waals surface area contributed by atoms with Crippen LogP contribution in [0.15, 0.2) is 53.0 Å². The zero-order valence-corrected chi connectivity index (χ0v) is 18.2. The van der Waals surface area contributed by atoms with Gasteiger partial charge in [0.05, 0.1) is 14.2 Å². The molecule has 0 atom stereocenters. The summed E-state index contributed by atoms with van der Waals surface area (Å²) in [4.78, 5) is 39.3. The molecule has 0 spiro atoms. The Bertz CT molecular complexity index is 937. The molecule has 158 valence electrons. The fourth-order valence-electron chi connectivity index (χ4n) is 3.41. The van der Waals surface area contributed by atoms with Gasteiger partial charge in [0.2, 0.25) is 29.0 Å². The van der Waals surface area contributed by atoms with Gasteiger partial charge in [-0.15, -0.1) is 0 Å². The predicted octanol–water partition coefficient (Wildman–Crippen LogP) is 2.79. The van der Waals surface area contributed by atoms with Crippen LogP contribution in [-0.2, 0) is 30.3 Å². The van der Waals surface area contributed by atoms with E-state index in [9.17, 15) is 14.4 Å². The van der Waals surface area contributed by atoms with Crippen LogP contribution in [0.1, 0.15) is 18.1 Å². The number of allylic oxidation sites excluding steroid dienone is 2. The second kappa shape index (κ2) is 9.80. The van der Waals surface area contributed by atoms with Crippen LogP contribution < -0.4 is 0 Å². The lowest BCUT2D eigenvalue weighted by molar-refractivity contribution is -0.125. The molecule has 30 heavy (non-hydrogen) atoms. The third-order valence-corrected chi connectivity index (χ3v) is 6.14. The van der Waals surface area contributed by atoms with Gasteiger partial charge in [0.15, 0.2) is 0 Å². The van der Waals surface area contributed by atoms with E-state index in [1.54, 1.807) is 19.1 Å². The Kier molecular flexibility index (Phi) is 7.15. The molecule has 7 heteroatoms. The summed E-state index contributed by atoms with van der Waals surface area (Å²) in [5.41, 5.74) is 2.55. The van der Waals surface area contributed by atoms with Gasteiger partial charge in [-0.25, -0.2) is 0 Å². The summed E-state index contributed by atoms with van der Waals surface area (Å²) in [6.07, 6.45) is 3.71. The number of hydrogen-bond donors (Lipinski definition) is 0. The van der Waals surface area contributed by atoms with E-state index in [0.29, 0.717) is 17.6 Å². The Hall–Kier alpha value is -2.80. The maximum Gasteiger partial charge on any atom is 0.246 e. The Morgan fingerprint density at radius 3 is 2.23 bits per heavy atom. The molecule has 1 aliphatic heterocycles. The number of carbonyl (C=O) groups excluding carboxylic acids is 3. The van der Waals surface area contributed by atoms with E-state index in [2.05, 4.69) is 0 Å². The van der Waals surface area contributed by atoms with Gasteiger partial charge in [0.25, 0.3) is 0 Å². The number of thioether (sulfide) groups is 1. The van der Waals surface area contributed by atoms with Crippen molar-refractivity contribution in [3.05, 3.63) is 64.1 Å². The minimum absolute atomic E-state index is 0.0271. The minimum Gasteiger partial charge on any atom is -0.489 e. The van der Waals surface area contributed by atoms with E-state index >= 15 is 0 Å². The van der Waals surface area contributed by atoms with Crippen molar-refractivity contribution >= 4 is 35.3 Å². The van der Waals surface area contributed by atoms with Gasteiger partial charge in [0, 0.05) is 48.2 Å². The lowest BCUT2D eigenvalue weighted by atomic mass is 9.88. The van der Waals surface area contributed by atoms with E-state index in [1.165, 1.54) is 14.2 Å². The topological polar surface area (TPSA) is 72.9 Å². The Labute approximate surface area is 180 Å². The molecule has 3 rings (SSSR count). The number of rotatable bonds is 6. The maximum absolute atomic E-state index is 12.8. The molecule has 0 saturated carbocycles. The Morgan fingerprint density at radius 1 is 1.03 bits per heavy atom. The molecule has 2 aliphatic rings. The number of Topliss-reactive ketones (excluding diaryl/α,β-unsaturated/α-hetero) is 2. The molecule has 0 unspecified atom stereocenters. The number of nitrogens with zero attached hydrogens (tertiary/aromatic N) is 1. The van der Waals surface area contributed by atoms with Gasteiger partial charge >= 0.3 is 0 Å². The van der Waals surface area contributed by atoms with Crippen LogP contribution in [0.25, 0.3) is 6.08 Å². The first-order valence-electron chi connectivity index (χ1n) is 9.71. The molecule has 0 aromatic heterocycles. The van der Waals surface area contributed by atoms with Crippen molar-refractivity contribution < 1.29 is 23.9 Å². The average Bonchev–Trinajstić information content (AvgIpc) is 2.78. The molecule has 0 N–H and O–H groups in total. The molecule has 1 aromatic rings. The minimum atomic E-state index is -0.335. The number of benzene rings is 1. The highest BCUT2D eigenvalue weighted by Gasteiger charge is 2.34. The standard InChI is InChI=1S/C23H25NO5S/c1-15-18(21(27)23(29-3)22(28-2)20(15)26)14-17-6-4-16(5-7-17)8-9-19(25)24-10-12-30-13-11-24/h4-9H,10-14H2,1-3H3. The highest BCUT2D eigenvalue weighted by Crippen LogP contribution is 2.28. The lowest BCUT2D eigenvalue weighted by Crippen LogP contribution is -2.36. The molecule has 1 aromatic carbocycles. The molecule has 6 nitrogen and oxygen atoms in total. The first-order valence-corrected chi connectivity index (χ1v) is 10.9. The highest BCUT2D eigenvalue weighted by atomic mass is 32.2. The number of methoxy groups -OCH3 is 2. The normalized spacial score (nSPS) is 17.8. The van der Waals surface area contributed by atoms with Gasteiger partial charge in [-0.3, -0.25) is 14.4 Å². The van der Waals surface area contributed by atoms with E-state index < -0.39 is 0 Å². The molecule has 1 aliphatic carbocycles. The van der Waals surface area contributed by atoms with Crippen molar-refractivity contribution in [2.24, 2.45) is 0 Å². The van der Waals surface area contributed by atoms with Crippen molar-refractivity contribution in [2.45, 2.75) is 13.3 Å². The lowest BCUT2D eigenvalue weighted by Gasteiger charge is -2.25. The van der Waals surface area contributed by atoms with E-state index in [-0.39, 0.29) is 29.0 Å². The van der Waals surface area contributed by atoms with Crippen LogP contribution in [0, 0.1) is 0 Å². The average molecular weight is 428 g/mol. The summed E-state index contributed by atoms with van der Waals surface area (Å²) in [7, 11) is 2.70. The predicted molar refractivity (Wildman–Crippen MR) is 117 cm³/mol. The van der Waals surface area contributed by atoms with Crippen LogP contribution in [0.4, 0.5) is 0 Å². The van der Waals surface area contributed by atoms with Crippen molar-refractivity contribution in [3.8, 4) is 0 Å². The number of ether oxygens (including phenoxy) is 2. The first-order chi connectivity index (χ1) is 14.5. The van der Waals surface area contributed by atoms with Gasteiger partial charge in [-0.1, -0.05) is 24.3 Å². The van der Waals surface area contributed by atoms with Crippen molar-refractivity contribution in [1.82, 2.24) is 4.90 Å². The quantitative estimate of drug-likeness (QED) is 0.514. The summed E-state index contributed by atoms with van der Waals surface area (Å²) in [5.74, 6) is 1.21. The molecular formula is C23H25NO5S. The Morgan fingerprint density at radius 2 is 1.63 bits per heavy atom. The second-order valence-electron chi connectivity index (χ2n) is 7.02. The summed E-state index contributed by atoms with van der Waals surface area (Å²) in [6.45, 7) is 3.20. The second-order valence-corrected chi connectivity index (χ2v) is 8.24. The van der Waals surface area contributed by atoms with E-state index in [0.717, 1.165) is 35.7 Å². The molecule has 0 bridgehead atoms. The third-order valence-electron chi connectivity index (χ3n) is 5.20. The SMILES string of the molecule is COC1=C(OC)C(=O)C(Cc2ccc(C=CC(=O)N3CCSCC3)cc2)=C(C)C1=O. The smallest absolute Gasteiger partial charge is 0.246 e. The van der Waals surface area contributed by atoms with Gasteiger partial charge in [0.1, 0.15) is 0 Å². The molecule has 1 saturated heterocycles. The largest absolute Gasteiger partial charge is 0.489 e. The summed E-state index contributed by atoms with van der Waals surface area (Å²) >= 11 is 1.87. The van der Waals surface area contributed by atoms with Gasteiger partial charge < -0.3 is 14.4 Å². The molecule has 1 amide bonds. The number of carbonyl (C=O) groups is 3. The number of hydrogen-bond acceptors (Lipinski definition) is 6. The van der Waals surface area contributed by atoms with Crippen LogP contribution in [0.5, 0.6) is 0 Å². The van der Waals surface area contributed by atoms with Crippen LogP contribution in [-0.4, -0.2) is 61.2 Å². The van der Waals surface area contributed by atoms with Gasteiger partial charge in [-0.05, 0) is 24.1 Å². The van der Waals surface area contributed by atoms with Crippen molar-refractivity contribution in [1.29, 1.82) is 0 Å². The van der Waals surface area contributed by atoms with Crippen LogP contribution in [0.3, 0.4) is 0 Å². The highest BCUT2D eigenvalue weighted by molar-refractivity contribution is 7.99. The van der Waals surface area contributed by atoms with Crippen molar-refractivity contribution in [2.75, 3.05) is 38.8 Å².